The molecule has 114 valence electrons. The Morgan fingerprint density at radius 3 is 2.87 bits per heavy atom. The third-order valence-electron chi connectivity index (χ3n) is 3.24. The maximum Gasteiger partial charge on any atom is 0.190 e. The maximum absolute atomic E-state index is 12.6. The third-order valence-corrected chi connectivity index (χ3v) is 4.59. The summed E-state index contributed by atoms with van der Waals surface area (Å²) in [5, 5.41) is 16.4. The summed E-state index contributed by atoms with van der Waals surface area (Å²) in [6.45, 7) is 1.83. The fourth-order valence-electron chi connectivity index (χ4n) is 2.12. The molecule has 5 nitrogen and oxygen atoms in total. The van der Waals surface area contributed by atoms with Crippen molar-refractivity contribution in [2.45, 2.75) is 12.8 Å². The fraction of sp³-hybridized carbons (Fsp3) is 0.125. The van der Waals surface area contributed by atoms with Crippen molar-refractivity contribution in [1.82, 2.24) is 14.8 Å². The van der Waals surface area contributed by atoms with E-state index >= 15 is 0 Å². The Labute approximate surface area is 141 Å². The van der Waals surface area contributed by atoms with Gasteiger partial charge in [-0.25, -0.2) is 9.67 Å². The molecule has 3 aromatic rings. The van der Waals surface area contributed by atoms with Gasteiger partial charge >= 0.3 is 0 Å². The number of hydrogen-bond donors (Lipinski definition) is 0. The molecule has 7 heteroatoms. The Bertz CT molecular complexity index is 909. The number of thiazole rings is 1. The molecule has 23 heavy (non-hydrogen) atoms. The molecule has 0 N–H and O–H groups in total. The lowest BCUT2D eigenvalue weighted by Crippen LogP contribution is -2.10. The monoisotopic (exact) mass is 342 g/mol. The first-order chi connectivity index (χ1) is 11.1. The van der Waals surface area contributed by atoms with E-state index < -0.39 is 5.92 Å². The first kappa shape index (κ1) is 15.4. The zero-order chi connectivity index (χ0) is 16.4. The fourth-order valence-corrected chi connectivity index (χ4v) is 3.18. The second-order valence-electron chi connectivity index (χ2n) is 4.88. The highest BCUT2D eigenvalue weighted by Gasteiger charge is 2.26. The second kappa shape index (κ2) is 6.32. The van der Waals surface area contributed by atoms with Crippen LogP contribution in [0.2, 0.25) is 5.02 Å². The van der Waals surface area contributed by atoms with Gasteiger partial charge in [-0.15, -0.1) is 11.3 Å². The Hall–Kier alpha value is -2.49. The molecule has 0 aliphatic heterocycles. The molecule has 0 amide bonds. The van der Waals surface area contributed by atoms with E-state index in [4.69, 9.17) is 11.6 Å². The minimum absolute atomic E-state index is 0.319. The van der Waals surface area contributed by atoms with Crippen LogP contribution in [-0.4, -0.2) is 20.5 Å². The summed E-state index contributed by atoms with van der Waals surface area (Å²) in [5.74, 6) is -1.24. The molecule has 2 aromatic heterocycles. The SMILES string of the molecule is Cc1csc([C@H](C#N)C(=O)c2cnn(-c3ccccc3Cl)c2)n1. The maximum atomic E-state index is 12.6. The molecule has 0 aliphatic rings. The van der Waals surface area contributed by atoms with Crippen molar-refractivity contribution in [2.75, 3.05) is 0 Å². The van der Waals surface area contributed by atoms with Gasteiger partial charge < -0.3 is 0 Å². The van der Waals surface area contributed by atoms with Crippen LogP contribution >= 0.6 is 22.9 Å². The number of aryl methyl sites for hydroxylation is 1. The molecule has 3 rings (SSSR count). The van der Waals surface area contributed by atoms with Gasteiger partial charge in [0.15, 0.2) is 11.7 Å². The highest BCUT2D eigenvalue weighted by Crippen LogP contribution is 2.25. The van der Waals surface area contributed by atoms with Gasteiger partial charge in [-0.3, -0.25) is 4.79 Å². The van der Waals surface area contributed by atoms with Crippen molar-refractivity contribution < 1.29 is 4.79 Å². The Kier molecular flexibility index (Phi) is 4.24. The van der Waals surface area contributed by atoms with Crippen LogP contribution < -0.4 is 0 Å². The number of halogens is 1. The zero-order valence-electron chi connectivity index (χ0n) is 12.1. The highest BCUT2D eigenvalue weighted by molar-refractivity contribution is 7.10. The van der Waals surface area contributed by atoms with Crippen molar-refractivity contribution in [3.63, 3.8) is 0 Å². The number of nitrogens with zero attached hydrogens (tertiary/aromatic N) is 4. The van der Waals surface area contributed by atoms with E-state index in [1.54, 1.807) is 18.3 Å². The molecule has 0 aliphatic carbocycles. The highest BCUT2D eigenvalue weighted by atomic mass is 35.5. The van der Waals surface area contributed by atoms with Crippen LogP contribution in [-0.2, 0) is 0 Å². The number of para-hydroxylation sites is 1. The van der Waals surface area contributed by atoms with Crippen molar-refractivity contribution >= 4 is 28.7 Å². The normalized spacial score (nSPS) is 11.9. The molecule has 0 radical (unpaired) electrons. The standard InChI is InChI=1S/C16H11ClN4OS/c1-10-9-23-16(20-10)12(6-18)15(22)11-7-19-21(8-11)14-5-3-2-4-13(14)17/h2-5,7-9,12H,1H3/t12-/m1/s1. The number of Topliss-reactive ketones (excluding diaryl/α,β-unsaturated/α-hetero) is 1. The number of carbonyl (C=O) groups is 1. The van der Waals surface area contributed by atoms with E-state index in [1.165, 1.54) is 22.2 Å². The Morgan fingerprint density at radius 1 is 1.43 bits per heavy atom. The number of rotatable bonds is 4. The van der Waals surface area contributed by atoms with E-state index in [0.29, 0.717) is 21.3 Å². The average molecular weight is 343 g/mol. The molecule has 0 bridgehead atoms. The molecule has 2 heterocycles. The average Bonchev–Trinajstić information content (AvgIpc) is 3.18. The van der Waals surface area contributed by atoms with Crippen molar-refractivity contribution in [3.05, 3.63) is 63.3 Å². The number of nitriles is 1. The van der Waals surface area contributed by atoms with Gasteiger partial charge in [0, 0.05) is 17.3 Å². The smallest absolute Gasteiger partial charge is 0.190 e. The van der Waals surface area contributed by atoms with Crippen LogP contribution in [0, 0.1) is 18.3 Å². The number of benzene rings is 1. The van der Waals surface area contributed by atoms with Gasteiger partial charge in [-0.1, -0.05) is 23.7 Å². The van der Waals surface area contributed by atoms with Crippen molar-refractivity contribution in [2.24, 2.45) is 0 Å². The van der Waals surface area contributed by atoms with Crippen LogP contribution in [0.15, 0.2) is 42.0 Å². The first-order valence-corrected chi connectivity index (χ1v) is 8.01. The summed E-state index contributed by atoms with van der Waals surface area (Å²) in [6, 6.07) is 9.22. The quantitative estimate of drug-likeness (QED) is 0.676. The molecule has 0 saturated heterocycles. The molecule has 0 spiro atoms. The van der Waals surface area contributed by atoms with Gasteiger partial charge in [-0.2, -0.15) is 10.4 Å². The summed E-state index contributed by atoms with van der Waals surface area (Å²) in [5.41, 5.74) is 1.82. The van der Waals surface area contributed by atoms with Crippen LogP contribution in [0.4, 0.5) is 0 Å². The van der Waals surface area contributed by atoms with E-state index in [2.05, 4.69) is 10.1 Å². The third kappa shape index (κ3) is 3.02. The van der Waals surface area contributed by atoms with E-state index in [9.17, 15) is 10.1 Å². The number of carbonyl (C=O) groups excluding carboxylic acids is 1. The van der Waals surface area contributed by atoms with Gasteiger partial charge in [-0.05, 0) is 19.1 Å². The number of aromatic nitrogens is 3. The molecule has 1 atom stereocenters. The first-order valence-electron chi connectivity index (χ1n) is 6.75. The molecule has 0 saturated carbocycles. The topological polar surface area (TPSA) is 71.6 Å². The van der Waals surface area contributed by atoms with Gasteiger partial charge in [0.1, 0.15) is 5.01 Å². The molecular formula is C16H11ClN4OS. The number of hydrogen-bond acceptors (Lipinski definition) is 5. The van der Waals surface area contributed by atoms with Gasteiger partial charge in [0.05, 0.1) is 28.5 Å². The Morgan fingerprint density at radius 2 is 2.22 bits per heavy atom. The summed E-state index contributed by atoms with van der Waals surface area (Å²) in [7, 11) is 0. The minimum atomic E-state index is -0.919. The van der Waals surface area contributed by atoms with Crippen molar-refractivity contribution in [1.29, 1.82) is 5.26 Å². The lowest BCUT2D eigenvalue weighted by atomic mass is 10.0. The van der Waals surface area contributed by atoms with E-state index in [1.807, 2.05) is 30.5 Å². The molecule has 0 fully saturated rings. The summed E-state index contributed by atoms with van der Waals surface area (Å²) >= 11 is 7.44. The van der Waals surface area contributed by atoms with Crippen molar-refractivity contribution in [3.8, 4) is 11.8 Å². The lowest BCUT2D eigenvalue weighted by Gasteiger charge is -2.04. The van der Waals surface area contributed by atoms with Crippen LogP contribution in [0.3, 0.4) is 0 Å². The predicted octanol–water partition coefficient (Wildman–Crippen LogP) is 3.78. The van der Waals surface area contributed by atoms with Gasteiger partial charge in [0.25, 0.3) is 0 Å². The van der Waals surface area contributed by atoms with Crippen LogP contribution in [0.25, 0.3) is 5.69 Å². The molecule has 1 aromatic carbocycles. The van der Waals surface area contributed by atoms with Gasteiger partial charge in [0.2, 0.25) is 0 Å². The summed E-state index contributed by atoms with van der Waals surface area (Å²) in [4.78, 5) is 16.8. The second-order valence-corrected chi connectivity index (χ2v) is 6.18. The largest absolute Gasteiger partial charge is 0.292 e. The molecular weight excluding hydrogens is 332 g/mol. The Balaban J connectivity index is 1.92. The summed E-state index contributed by atoms with van der Waals surface area (Å²) < 4.78 is 1.52. The summed E-state index contributed by atoms with van der Waals surface area (Å²) in [6.07, 6.45) is 3.02. The number of ketones is 1. The lowest BCUT2D eigenvalue weighted by molar-refractivity contribution is 0.0979. The van der Waals surface area contributed by atoms with Crippen LogP contribution in [0.5, 0.6) is 0 Å². The molecule has 0 unspecified atom stereocenters. The predicted molar refractivity (Wildman–Crippen MR) is 88.1 cm³/mol. The van der Waals surface area contributed by atoms with E-state index in [-0.39, 0.29) is 5.78 Å². The van der Waals surface area contributed by atoms with E-state index in [0.717, 1.165) is 5.69 Å². The van der Waals surface area contributed by atoms with Crippen LogP contribution in [0.1, 0.15) is 27.0 Å². The zero-order valence-corrected chi connectivity index (χ0v) is 13.7. The minimum Gasteiger partial charge on any atom is -0.292 e.